The van der Waals surface area contributed by atoms with E-state index in [1.807, 2.05) is 12.1 Å². The molecule has 1 heterocycles. The van der Waals surface area contributed by atoms with Crippen LogP contribution in [0.25, 0.3) is 0 Å². The van der Waals surface area contributed by atoms with E-state index in [0.717, 1.165) is 35.3 Å². The summed E-state index contributed by atoms with van der Waals surface area (Å²) in [6.45, 7) is 8.74. The van der Waals surface area contributed by atoms with Gasteiger partial charge in [0.25, 0.3) is 0 Å². The molecule has 0 saturated carbocycles. The molecular formula is C17H27NO3. The second-order valence-electron chi connectivity index (χ2n) is 6.08. The predicted octanol–water partition coefficient (Wildman–Crippen LogP) is 3.38. The van der Waals surface area contributed by atoms with Crippen LogP contribution in [0.5, 0.6) is 17.2 Å². The van der Waals surface area contributed by atoms with Crippen LogP contribution in [0, 0.1) is 5.92 Å². The number of ether oxygens (including phenoxy) is 3. The highest BCUT2D eigenvalue weighted by molar-refractivity contribution is 5.54. The third-order valence-corrected chi connectivity index (χ3v) is 3.72. The van der Waals surface area contributed by atoms with E-state index in [4.69, 9.17) is 14.2 Å². The smallest absolute Gasteiger partial charge is 0.203 e. The summed E-state index contributed by atoms with van der Waals surface area (Å²) in [5, 5.41) is 3.56. The van der Waals surface area contributed by atoms with Crippen LogP contribution in [0.3, 0.4) is 0 Å². The maximum absolute atomic E-state index is 5.66. The molecule has 0 amide bonds. The SMILES string of the molecule is COc1cc(CNC(C)CCC(C)C)cc2c1OCCO2. The zero-order valence-electron chi connectivity index (χ0n) is 13.6. The van der Waals surface area contributed by atoms with Crippen molar-refractivity contribution >= 4 is 0 Å². The monoisotopic (exact) mass is 293 g/mol. The minimum atomic E-state index is 0.506. The van der Waals surface area contributed by atoms with Gasteiger partial charge < -0.3 is 19.5 Å². The number of rotatable bonds is 7. The van der Waals surface area contributed by atoms with Gasteiger partial charge in [0.1, 0.15) is 13.2 Å². The van der Waals surface area contributed by atoms with Gasteiger partial charge >= 0.3 is 0 Å². The molecule has 0 fully saturated rings. The van der Waals surface area contributed by atoms with Crippen molar-refractivity contribution in [2.45, 2.75) is 46.2 Å². The summed E-state index contributed by atoms with van der Waals surface area (Å²) in [4.78, 5) is 0. The molecule has 1 aromatic carbocycles. The predicted molar refractivity (Wildman–Crippen MR) is 84.4 cm³/mol. The summed E-state index contributed by atoms with van der Waals surface area (Å²) in [5.41, 5.74) is 1.16. The van der Waals surface area contributed by atoms with Crippen LogP contribution < -0.4 is 19.5 Å². The molecule has 1 aliphatic heterocycles. The number of hydrogen-bond acceptors (Lipinski definition) is 4. The first-order valence-electron chi connectivity index (χ1n) is 7.80. The fraction of sp³-hybridized carbons (Fsp3) is 0.647. The summed E-state index contributed by atoms with van der Waals surface area (Å²) in [5.74, 6) is 3.01. The van der Waals surface area contributed by atoms with Crippen molar-refractivity contribution in [3.8, 4) is 17.2 Å². The maximum Gasteiger partial charge on any atom is 0.203 e. The van der Waals surface area contributed by atoms with Crippen molar-refractivity contribution in [2.24, 2.45) is 5.92 Å². The molecule has 4 heteroatoms. The van der Waals surface area contributed by atoms with E-state index in [0.29, 0.717) is 19.3 Å². The summed E-state index contributed by atoms with van der Waals surface area (Å²) in [7, 11) is 1.66. The van der Waals surface area contributed by atoms with Crippen LogP contribution in [-0.2, 0) is 6.54 Å². The topological polar surface area (TPSA) is 39.7 Å². The fourth-order valence-corrected chi connectivity index (χ4v) is 2.41. The summed E-state index contributed by atoms with van der Waals surface area (Å²) < 4.78 is 16.7. The van der Waals surface area contributed by atoms with E-state index in [-0.39, 0.29) is 0 Å². The minimum absolute atomic E-state index is 0.506. The molecule has 118 valence electrons. The van der Waals surface area contributed by atoms with Crippen molar-refractivity contribution in [1.82, 2.24) is 5.32 Å². The Morgan fingerprint density at radius 2 is 1.90 bits per heavy atom. The van der Waals surface area contributed by atoms with Gasteiger partial charge in [-0.3, -0.25) is 0 Å². The molecule has 0 aromatic heterocycles. The fourth-order valence-electron chi connectivity index (χ4n) is 2.41. The zero-order chi connectivity index (χ0) is 15.2. The van der Waals surface area contributed by atoms with E-state index in [1.165, 1.54) is 12.8 Å². The lowest BCUT2D eigenvalue weighted by molar-refractivity contribution is 0.165. The van der Waals surface area contributed by atoms with Gasteiger partial charge in [-0.2, -0.15) is 0 Å². The molecule has 21 heavy (non-hydrogen) atoms. The molecule has 0 radical (unpaired) electrons. The molecule has 1 unspecified atom stereocenters. The maximum atomic E-state index is 5.66. The lowest BCUT2D eigenvalue weighted by atomic mass is 10.0. The quantitative estimate of drug-likeness (QED) is 0.836. The molecule has 1 aromatic rings. The Bertz CT molecular complexity index is 442. The Balaban J connectivity index is 1.97. The minimum Gasteiger partial charge on any atom is -0.493 e. The van der Waals surface area contributed by atoms with Gasteiger partial charge in [-0.05, 0) is 43.4 Å². The van der Waals surface area contributed by atoms with Crippen molar-refractivity contribution < 1.29 is 14.2 Å². The Morgan fingerprint density at radius 1 is 1.14 bits per heavy atom. The second-order valence-corrected chi connectivity index (χ2v) is 6.08. The molecule has 4 nitrogen and oxygen atoms in total. The Morgan fingerprint density at radius 3 is 2.62 bits per heavy atom. The summed E-state index contributed by atoms with van der Waals surface area (Å²) in [6.07, 6.45) is 2.44. The zero-order valence-corrected chi connectivity index (χ0v) is 13.6. The summed E-state index contributed by atoms with van der Waals surface area (Å²) in [6, 6.07) is 4.57. The third-order valence-electron chi connectivity index (χ3n) is 3.72. The highest BCUT2D eigenvalue weighted by Gasteiger charge is 2.18. The molecule has 1 aliphatic rings. The first kappa shape index (κ1) is 16.0. The molecule has 0 saturated heterocycles. The molecule has 0 bridgehead atoms. The molecule has 0 aliphatic carbocycles. The van der Waals surface area contributed by atoms with E-state index < -0.39 is 0 Å². The van der Waals surface area contributed by atoms with Crippen molar-refractivity contribution in [3.05, 3.63) is 17.7 Å². The lowest BCUT2D eigenvalue weighted by Gasteiger charge is -2.22. The van der Waals surface area contributed by atoms with Crippen molar-refractivity contribution in [3.63, 3.8) is 0 Å². The number of fused-ring (bicyclic) bond motifs is 1. The first-order valence-corrected chi connectivity index (χ1v) is 7.80. The molecule has 1 atom stereocenters. The third kappa shape index (κ3) is 4.53. The van der Waals surface area contributed by atoms with Crippen LogP contribution in [-0.4, -0.2) is 26.4 Å². The Hall–Kier alpha value is -1.42. The van der Waals surface area contributed by atoms with Gasteiger partial charge in [-0.25, -0.2) is 0 Å². The van der Waals surface area contributed by atoms with Crippen molar-refractivity contribution in [2.75, 3.05) is 20.3 Å². The van der Waals surface area contributed by atoms with Crippen LogP contribution in [0.1, 0.15) is 39.2 Å². The average molecular weight is 293 g/mol. The van der Waals surface area contributed by atoms with Crippen LogP contribution in [0.4, 0.5) is 0 Å². The highest BCUT2D eigenvalue weighted by Crippen LogP contribution is 2.40. The number of methoxy groups -OCH3 is 1. The lowest BCUT2D eigenvalue weighted by Crippen LogP contribution is -2.26. The van der Waals surface area contributed by atoms with E-state index >= 15 is 0 Å². The number of benzene rings is 1. The van der Waals surface area contributed by atoms with Crippen LogP contribution in [0.15, 0.2) is 12.1 Å². The standard InChI is InChI=1S/C17H27NO3/c1-12(2)5-6-13(3)18-11-14-9-15(19-4)17-16(10-14)20-7-8-21-17/h9-10,12-13,18H,5-8,11H2,1-4H3. The van der Waals surface area contributed by atoms with Gasteiger partial charge in [-0.1, -0.05) is 13.8 Å². The highest BCUT2D eigenvalue weighted by atomic mass is 16.6. The molecule has 2 rings (SSSR count). The van der Waals surface area contributed by atoms with Crippen molar-refractivity contribution in [1.29, 1.82) is 0 Å². The molecule has 0 spiro atoms. The van der Waals surface area contributed by atoms with Gasteiger partial charge in [-0.15, -0.1) is 0 Å². The van der Waals surface area contributed by atoms with Gasteiger partial charge in [0.05, 0.1) is 7.11 Å². The first-order chi connectivity index (χ1) is 10.1. The Kier molecular flexibility index (Phi) is 5.74. The van der Waals surface area contributed by atoms with E-state index in [1.54, 1.807) is 7.11 Å². The van der Waals surface area contributed by atoms with Gasteiger partial charge in [0.2, 0.25) is 5.75 Å². The molecular weight excluding hydrogens is 266 g/mol. The number of nitrogens with one attached hydrogen (secondary N) is 1. The van der Waals surface area contributed by atoms with E-state index in [2.05, 4.69) is 26.1 Å². The normalized spacial score (nSPS) is 15.1. The number of hydrogen-bond donors (Lipinski definition) is 1. The summed E-state index contributed by atoms with van der Waals surface area (Å²) >= 11 is 0. The average Bonchev–Trinajstić information content (AvgIpc) is 2.49. The second kappa shape index (κ2) is 7.55. The van der Waals surface area contributed by atoms with Gasteiger partial charge in [0.15, 0.2) is 11.5 Å². The van der Waals surface area contributed by atoms with Gasteiger partial charge in [0, 0.05) is 12.6 Å². The van der Waals surface area contributed by atoms with Crippen LogP contribution >= 0.6 is 0 Å². The largest absolute Gasteiger partial charge is 0.493 e. The van der Waals surface area contributed by atoms with Crippen LogP contribution in [0.2, 0.25) is 0 Å². The molecule has 1 N–H and O–H groups in total. The van der Waals surface area contributed by atoms with E-state index in [9.17, 15) is 0 Å². The Labute approximate surface area is 127 Å².